The number of nitrogens with one attached hydrogen (secondary N) is 1. The van der Waals surface area contributed by atoms with E-state index in [1.807, 2.05) is 66.1 Å². The summed E-state index contributed by atoms with van der Waals surface area (Å²) in [5, 5.41) is 2.96. The Hall–Kier alpha value is -3.15. The average molecular weight is 376 g/mol. The number of aromatic nitrogens is 2. The van der Waals surface area contributed by atoms with Crippen molar-refractivity contribution in [2.75, 3.05) is 11.9 Å². The Labute approximate surface area is 164 Å². The fraction of sp³-hybridized carbons (Fsp3) is 0.318. The summed E-state index contributed by atoms with van der Waals surface area (Å²) in [4.78, 5) is 32.0. The average Bonchev–Trinajstić information content (AvgIpc) is 3.33. The lowest BCUT2D eigenvalue weighted by Crippen LogP contribution is -2.44. The first-order valence-corrected chi connectivity index (χ1v) is 9.77. The zero-order chi connectivity index (χ0) is 19.5. The van der Waals surface area contributed by atoms with Gasteiger partial charge in [0.15, 0.2) is 0 Å². The van der Waals surface area contributed by atoms with Gasteiger partial charge in [-0.05, 0) is 37.5 Å². The molecule has 1 atom stereocenters. The van der Waals surface area contributed by atoms with E-state index >= 15 is 0 Å². The number of amides is 2. The summed E-state index contributed by atoms with van der Waals surface area (Å²) >= 11 is 0. The van der Waals surface area contributed by atoms with Crippen molar-refractivity contribution in [3.8, 4) is 0 Å². The minimum atomic E-state index is -0.443. The van der Waals surface area contributed by atoms with E-state index in [0.717, 1.165) is 23.0 Å². The number of para-hydroxylation sites is 2. The normalized spacial score (nSPS) is 16.5. The fourth-order valence-electron chi connectivity index (χ4n) is 3.89. The molecule has 1 saturated heterocycles. The molecule has 0 aliphatic carbocycles. The van der Waals surface area contributed by atoms with Crippen molar-refractivity contribution in [3.05, 3.63) is 60.2 Å². The summed E-state index contributed by atoms with van der Waals surface area (Å²) in [5.41, 5.74) is 2.80. The Balaban J connectivity index is 1.50. The van der Waals surface area contributed by atoms with E-state index in [-0.39, 0.29) is 11.8 Å². The van der Waals surface area contributed by atoms with Crippen LogP contribution in [0.1, 0.15) is 25.3 Å². The van der Waals surface area contributed by atoms with Gasteiger partial charge in [-0.25, -0.2) is 4.98 Å². The first-order valence-electron chi connectivity index (χ1n) is 9.77. The van der Waals surface area contributed by atoms with Gasteiger partial charge in [-0.1, -0.05) is 42.5 Å². The highest BCUT2D eigenvalue weighted by molar-refractivity contribution is 5.97. The molecule has 144 valence electrons. The molecule has 1 aliphatic rings. The molecule has 1 fully saturated rings. The molecule has 6 nitrogen and oxygen atoms in total. The SMILES string of the molecule is CCn1c(NC(=O)C2CCCN2C(=O)Cc2ccccc2)nc2ccccc21. The van der Waals surface area contributed by atoms with E-state index in [9.17, 15) is 9.59 Å². The van der Waals surface area contributed by atoms with Gasteiger partial charge in [-0.2, -0.15) is 0 Å². The standard InChI is InChI=1S/C22H24N4O2/c1-2-25-18-12-7-6-11-17(18)23-22(25)24-21(28)19-13-8-14-26(19)20(27)15-16-9-4-3-5-10-16/h3-7,9-12,19H,2,8,13-15H2,1H3,(H,23,24,28). The van der Waals surface area contributed by atoms with Gasteiger partial charge >= 0.3 is 0 Å². The predicted octanol–water partition coefficient (Wildman–Crippen LogP) is 3.23. The number of anilines is 1. The number of benzene rings is 2. The molecule has 0 saturated carbocycles. The molecular weight excluding hydrogens is 352 g/mol. The van der Waals surface area contributed by atoms with E-state index in [4.69, 9.17) is 0 Å². The van der Waals surface area contributed by atoms with Crippen LogP contribution in [0.4, 0.5) is 5.95 Å². The molecule has 2 amide bonds. The maximum atomic E-state index is 13.0. The van der Waals surface area contributed by atoms with E-state index in [0.29, 0.717) is 31.9 Å². The van der Waals surface area contributed by atoms with E-state index < -0.39 is 6.04 Å². The zero-order valence-corrected chi connectivity index (χ0v) is 16.0. The Morgan fingerprint density at radius 3 is 2.64 bits per heavy atom. The molecule has 0 radical (unpaired) electrons. The van der Waals surface area contributed by atoms with Crippen LogP contribution in [0.15, 0.2) is 54.6 Å². The van der Waals surface area contributed by atoms with Gasteiger partial charge in [0, 0.05) is 13.1 Å². The van der Waals surface area contributed by atoms with Crippen LogP contribution in [0.3, 0.4) is 0 Å². The molecule has 1 aliphatic heterocycles. The summed E-state index contributed by atoms with van der Waals surface area (Å²) in [7, 11) is 0. The first-order chi connectivity index (χ1) is 13.7. The molecule has 0 spiro atoms. The maximum absolute atomic E-state index is 13.0. The van der Waals surface area contributed by atoms with Crippen molar-refractivity contribution in [1.82, 2.24) is 14.5 Å². The largest absolute Gasteiger partial charge is 0.330 e. The Morgan fingerprint density at radius 1 is 1.11 bits per heavy atom. The van der Waals surface area contributed by atoms with Crippen LogP contribution in [0.2, 0.25) is 0 Å². The smallest absolute Gasteiger partial charge is 0.249 e. The maximum Gasteiger partial charge on any atom is 0.249 e. The van der Waals surface area contributed by atoms with Gasteiger partial charge in [0.2, 0.25) is 17.8 Å². The molecule has 2 aromatic carbocycles. The summed E-state index contributed by atoms with van der Waals surface area (Å²) in [5.74, 6) is 0.368. The number of aryl methyl sites for hydroxylation is 1. The number of hydrogen-bond acceptors (Lipinski definition) is 3. The summed E-state index contributed by atoms with van der Waals surface area (Å²) in [6, 6.07) is 17.0. The third kappa shape index (κ3) is 3.50. The van der Waals surface area contributed by atoms with Crippen LogP contribution in [-0.2, 0) is 22.6 Å². The summed E-state index contributed by atoms with van der Waals surface area (Å²) in [6.07, 6.45) is 1.83. The van der Waals surface area contributed by atoms with Crippen LogP contribution >= 0.6 is 0 Å². The molecule has 1 unspecified atom stereocenters. The monoisotopic (exact) mass is 376 g/mol. The predicted molar refractivity (Wildman–Crippen MR) is 109 cm³/mol. The number of carbonyl (C=O) groups is 2. The van der Waals surface area contributed by atoms with Gasteiger partial charge in [0.25, 0.3) is 0 Å². The van der Waals surface area contributed by atoms with E-state index in [1.165, 1.54) is 0 Å². The molecule has 6 heteroatoms. The Bertz CT molecular complexity index is 996. The number of imidazole rings is 1. The minimum Gasteiger partial charge on any atom is -0.330 e. The van der Waals surface area contributed by atoms with Gasteiger partial charge in [0.1, 0.15) is 6.04 Å². The van der Waals surface area contributed by atoms with Gasteiger partial charge < -0.3 is 9.47 Å². The second-order valence-corrected chi connectivity index (χ2v) is 7.07. The third-order valence-corrected chi connectivity index (χ3v) is 5.28. The number of hydrogen-bond donors (Lipinski definition) is 1. The molecule has 28 heavy (non-hydrogen) atoms. The van der Waals surface area contributed by atoms with Crippen LogP contribution in [0, 0.1) is 0 Å². The second-order valence-electron chi connectivity index (χ2n) is 7.07. The number of likely N-dealkylation sites (tertiary alicyclic amines) is 1. The minimum absolute atomic E-state index is 0.00663. The fourth-order valence-corrected chi connectivity index (χ4v) is 3.89. The van der Waals surface area contributed by atoms with Gasteiger partial charge in [-0.15, -0.1) is 0 Å². The molecular formula is C22H24N4O2. The van der Waals surface area contributed by atoms with Crippen LogP contribution in [-0.4, -0.2) is 38.9 Å². The van der Waals surface area contributed by atoms with Crippen molar-refractivity contribution in [3.63, 3.8) is 0 Å². The Morgan fingerprint density at radius 2 is 1.86 bits per heavy atom. The van der Waals surface area contributed by atoms with Gasteiger partial charge in [0.05, 0.1) is 17.5 Å². The Kier molecular flexibility index (Phi) is 5.10. The van der Waals surface area contributed by atoms with Crippen molar-refractivity contribution in [2.24, 2.45) is 0 Å². The first kappa shape index (κ1) is 18.2. The molecule has 1 aromatic heterocycles. The molecule has 2 heterocycles. The lowest BCUT2D eigenvalue weighted by Gasteiger charge is -2.24. The molecule has 3 aromatic rings. The van der Waals surface area contributed by atoms with Crippen molar-refractivity contribution < 1.29 is 9.59 Å². The highest BCUT2D eigenvalue weighted by atomic mass is 16.2. The summed E-state index contributed by atoms with van der Waals surface area (Å²) < 4.78 is 1.98. The van der Waals surface area contributed by atoms with Crippen LogP contribution < -0.4 is 5.32 Å². The van der Waals surface area contributed by atoms with Crippen molar-refractivity contribution in [1.29, 1.82) is 0 Å². The summed E-state index contributed by atoms with van der Waals surface area (Å²) in [6.45, 7) is 3.35. The molecule has 4 rings (SSSR count). The lowest BCUT2D eigenvalue weighted by atomic mass is 10.1. The number of carbonyl (C=O) groups excluding carboxylic acids is 2. The quantitative estimate of drug-likeness (QED) is 0.743. The highest BCUT2D eigenvalue weighted by Gasteiger charge is 2.34. The molecule has 1 N–H and O–H groups in total. The number of fused-ring (bicyclic) bond motifs is 1. The van der Waals surface area contributed by atoms with Crippen molar-refractivity contribution >= 4 is 28.8 Å². The van der Waals surface area contributed by atoms with E-state index in [2.05, 4.69) is 10.3 Å². The number of nitrogens with zero attached hydrogens (tertiary/aromatic N) is 3. The third-order valence-electron chi connectivity index (χ3n) is 5.28. The number of rotatable bonds is 5. The van der Waals surface area contributed by atoms with Gasteiger partial charge in [-0.3, -0.25) is 14.9 Å². The van der Waals surface area contributed by atoms with Crippen LogP contribution in [0.5, 0.6) is 0 Å². The van der Waals surface area contributed by atoms with Crippen LogP contribution in [0.25, 0.3) is 11.0 Å². The lowest BCUT2D eigenvalue weighted by molar-refractivity contribution is -0.136. The highest BCUT2D eigenvalue weighted by Crippen LogP contribution is 2.23. The second kappa shape index (κ2) is 7.84. The van der Waals surface area contributed by atoms with E-state index in [1.54, 1.807) is 4.90 Å². The zero-order valence-electron chi connectivity index (χ0n) is 16.0. The topological polar surface area (TPSA) is 67.2 Å². The van der Waals surface area contributed by atoms with Crippen molar-refractivity contribution in [2.45, 2.75) is 38.8 Å². The molecule has 0 bridgehead atoms.